The van der Waals surface area contributed by atoms with Crippen LogP contribution in [0, 0.1) is 11.8 Å². The molecule has 1 rings (SSSR count). The minimum atomic E-state index is -0.266. The van der Waals surface area contributed by atoms with Crippen LogP contribution < -0.4 is 51.4 Å². The third-order valence-corrected chi connectivity index (χ3v) is 4.00. The first-order chi connectivity index (χ1) is 8.00. The maximum absolute atomic E-state index is 11.9. The van der Waals surface area contributed by atoms with Crippen molar-refractivity contribution < 1.29 is 67.1 Å². The van der Waals surface area contributed by atoms with Crippen LogP contribution in [0.4, 0.5) is 0 Å². The molecule has 0 aromatic rings. The van der Waals surface area contributed by atoms with Crippen molar-refractivity contribution in [1.82, 2.24) is 0 Å². The van der Waals surface area contributed by atoms with Crippen molar-refractivity contribution in [3.63, 3.8) is 0 Å². The number of hydrogen-bond acceptors (Lipinski definition) is 5. The fourth-order valence-corrected chi connectivity index (χ4v) is 3.09. The quantitative estimate of drug-likeness (QED) is 0.418. The van der Waals surface area contributed by atoms with E-state index in [2.05, 4.69) is 0 Å². The van der Waals surface area contributed by atoms with Crippen LogP contribution in [0.25, 0.3) is 0 Å². The molecule has 1 aliphatic rings. The summed E-state index contributed by atoms with van der Waals surface area (Å²) < 4.78 is 5.02. The SMILES string of the molecule is CC(=O)SCC(C(=O)OC(C)=S)C1CCCC1.[H-].[K+]. The van der Waals surface area contributed by atoms with E-state index in [-0.39, 0.29) is 74.9 Å². The van der Waals surface area contributed by atoms with Gasteiger partial charge in [0.15, 0.2) is 10.2 Å². The van der Waals surface area contributed by atoms with E-state index >= 15 is 0 Å². The molecule has 98 valence electrons. The monoisotopic (exact) mass is 314 g/mol. The normalized spacial score (nSPS) is 16.8. The van der Waals surface area contributed by atoms with E-state index in [4.69, 9.17) is 17.0 Å². The first-order valence-corrected chi connectivity index (χ1v) is 7.25. The number of carbonyl (C=O) groups is 2. The summed E-state index contributed by atoms with van der Waals surface area (Å²) in [5.41, 5.74) is 0. The third-order valence-electron chi connectivity index (χ3n) is 2.98. The summed E-state index contributed by atoms with van der Waals surface area (Å²) in [5, 5.41) is 0.297. The van der Waals surface area contributed by atoms with Gasteiger partial charge in [-0.25, -0.2) is 0 Å². The molecule has 1 fully saturated rings. The Morgan fingerprint density at radius 1 is 1.39 bits per heavy atom. The Balaban J connectivity index is 0. The zero-order chi connectivity index (χ0) is 12.8. The summed E-state index contributed by atoms with van der Waals surface area (Å²) in [4.78, 5) is 22.9. The number of carbonyl (C=O) groups excluding carboxylic acids is 2. The number of rotatable bonds is 4. The van der Waals surface area contributed by atoms with Crippen LogP contribution in [0.2, 0.25) is 0 Å². The number of thiocarbonyl (C=S) groups is 1. The zero-order valence-corrected chi connectivity index (χ0v) is 16.0. The van der Waals surface area contributed by atoms with Crippen molar-refractivity contribution >= 4 is 40.1 Å². The molecule has 1 aliphatic carbocycles. The largest absolute Gasteiger partial charge is 1.00 e. The second-order valence-electron chi connectivity index (χ2n) is 4.37. The molecule has 1 atom stereocenters. The van der Waals surface area contributed by atoms with Gasteiger partial charge in [-0.1, -0.05) is 24.6 Å². The van der Waals surface area contributed by atoms with E-state index in [0.717, 1.165) is 25.7 Å². The first-order valence-electron chi connectivity index (χ1n) is 5.86. The maximum atomic E-state index is 11.9. The van der Waals surface area contributed by atoms with E-state index < -0.39 is 0 Å². The Bertz CT molecular complexity index is 320. The van der Waals surface area contributed by atoms with E-state index in [1.54, 1.807) is 6.92 Å². The fraction of sp³-hybridized carbons (Fsp3) is 0.750. The van der Waals surface area contributed by atoms with Crippen molar-refractivity contribution in [1.29, 1.82) is 0 Å². The molecule has 0 saturated heterocycles. The summed E-state index contributed by atoms with van der Waals surface area (Å²) in [6.07, 6.45) is 4.43. The molecule has 0 radical (unpaired) electrons. The average Bonchev–Trinajstić information content (AvgIpc) is 2.69. The number of ether oxygens (including phenoxy) is 1. The van der Waals surface area contributed by atoms with Crippen molar-refractivity contribution in [2.75, 3.05) is 5.75 Å². The van der Waals surface area contributed by atoms with E-state index in [0.29, 0.717) is 11.7 Å². The second-order valence-corrected chi connectivity index (χ2v) is 6.14. The maximum Gasteiger partial charge on any atom is 1.00 e. The Labute approximate surface area is 162 Å². The summed E-state index contributed by atoms with van der Waals surface area (Å²) in [6, 6.07) is 0. The van der Waals surface area contributed by atoms with Crippen LogP contribution in [0.5, 0.6) is 0 Å². The van der Waals surface area contributed by atoms with Gasteiger partial charge in [0.1, 0.15) is 0 Å². The molecule has 0 spiro atoms. The predicted octanol–water partition coefficient (Wildman–Crippen LogP) is 0.0795. The number of thioether (sulfide) groups is 1. The molecule has 1 saturated carbocycles. The molecule has 0 aromatic heterocycles. The smallest absolute Gasteiger partial charge is 1.00 e. The Morgan fingerprint density at radius 3 is 2.39 bits per heavy atom. The molecule has 6 heteroatoms. The molecule has 0 aromatic carbocycles. The molecule has 3 nitrogen and oxygen atoms in total. The molecule has 0 bridgehead atoms. The molecule has 0 aliphatic heterocycles. The van der Waals surface area contributed by atoms with Crippen LogP contribution >= 0.6 is 24.0 Å². The van der Waals surface area contributed by atoms with Gasteiger partial charge in [-0.05, 0) is 31.0 Å². The third kappa shape index (κ3) is 7.12. The van der Waals surface area contributed by atoms with Gasteiger partial charge in [-0.3, -0.25) is 9.59 Å². The summed E-state index contributed by atoms with van der Waals surface area (Å²) in [6.45, 7) is 3.11. The Morgan fingerprint density at radius 2 is 1.94 bits per heavy atom. The summed E-state index contributed by atoms with van der Waals surface area (Å²) >= 11 is 5.98. The zero-order valence-electron chi connectivity index (χ0n) is 12.2. The average molecular weight is 315 g/mol. The fourth-order valence-electron chi connectivity index (χ4n) is 2.18. The molecular weight excluding hydrogens is 295 g/mol. The molecule has 18 heavy (non-hydrogen) atoms. The number of hydrogen-bond donors (Lipinski definition) is 0. The minimum absolute atomic E-state index is 0. The molecular formula is C12H19KO3S2. The van der Waals surface area contributed by atoms with Gasteiger partial charge in [0.25, 0.3) is 0 Å². The van der Waals surface area contributed by atoms with Crippen LogP contribution in [0.3, 0.4) is 0 Å². The minimum Gasteiger partial charge on any atom is -1.00 e. The van der Waals surface area contributed by atoms with Crippen molar-refractivity contribution in [3.05, 3.63) is 0 Å². The van der Waals surface area contributed by atoms with Gasteiger partial charge in [0.05, 0.1) is 5.92 Å². The van der Waals surface area contributed by atoms with E-state index in [9.17, 15) is 9.59 Å². The van der Waals surface area contributed by atoms with Gasteiger partial charge in [-0.15, -0.1) is 0 Å². The van der Waals surface area contributed by atoms with Gasteiger partial charge in [-0.2, -0.15) is 0 Å². The van der Waals surface area contributed by atoms with E-state index in [1.807, 2.05) is 0 Å². The summed E-state index contributed by atoms with van der Waals surface area (Å²) in [7, 11) is 0. The van der Waals surface area contributed by atoms with Crippen LogP contribution in [-0.4, -0.2) is 21.9 Å². The van der Waals surface area contributed by atoms with Crippen LogP contribution in [0.1, 0.15) is 41.0 Å². The van der Waals surface area contributed by atoms with Crippen molar-refractivity contribution in [3.8, 4) is 0 Å². The van der Waals surface area contributed by atoms with Crippen molar-refractivity contribution in [2.45, 2.75) is 39.5 Å². The topological polar surface area (TPSA) is 43.4 Å². The summed E-state index contributed by atoms with van der Waals surface area (Å²) in [5.74, 6) is 0.410. The second kappa shape index (κ2) is 10.0. The van der Waals surface area contributed by atoms with E-state index in [1.165, 1.54) is 18.7 Å². The van der Waals surface area contributed by atoms with Gasteiger partial charge < -0.3 is 6.16 Å². The Hall–Kier alpha value is 1.22. The van der Waals surface area contributed by atoms with Crippen LogP contribution in [-0.2, 0) is 14.3 Å². The van der Waals surface area contributed by atoms with Gasteiger partial charge >= 0.3 is 57.4 Å². The van der Waals surface area contributed by atoms with Crippen LogP contribution in [0.15, 0.2) is 0 Å². The molecule has 0 heterocycles. The predicted molar refractivity (Wildman–Crippen MR) is 74.1 cm³/mol. The molecule has 0 amide bonds. The molecule has 0 N–H and O–H groups in total. The van der Waals surface area contributed by atoms with Crippen molar-refractivity contribution in [2.24, 2.45) is 11.8 Å². The standard InChI is InChI=1S/C12H18O3S2.K.H/c1-8(13)17-7-11(10-5-3-4-6-10)12(14)15-9(2)16;;/h10-11H,3-7H2,1-2H3;;/q;+1;-1. The molecule has 1 unspecified atom stereocenters. The number of esters is 1. The first kappa shape index (κ1) is 19.2. The van der Waals surface area contributed by atoms with Gasteiger partial charge in [0, 0.05) is 19.6 Å². The van der Waals surface area contributed by atoms with Gasteiger partial charge in [0.2, 0.25) is 0 Å². The Kier molecular flexibility index (Phi) is 10.7.